The van der Waals surface area contributed by atoms with Crippen LogP contribution in [0.25, 0.3) is 0 Å². The summed E-state index contributed by atoms with van der Waals surface area (Å²) in [4.78, 5) is 16.2. The zero-order chi connectivity index (χ0) is 19.5. The highest BCUT2D eigenvalue weighted by Gasteiger charge is 2.41. The average Bonchev–Trinajstić information content (AvgIpc) is 3.06. The number of ether oxygens (including phenoxy) is 1. The SMILES string of the molecule is CC(C)(C)OC(=O)NCCCC(N)c1nc(CC23CCC(CC2)CC3)no1. The lowest BCUT2D eigenvalue weighted by Crippen LogP contribution is -2.36. The third-order valence-electron chi connectivity index (χ3n) is 5.94. The molecule has 2 bridgehead atoms. The number of rotatable bonds is 7. The standard InChI is InChI=1S/C20H34N4O3/c1-19(2,3)26-18(25)22-12-4-5-15(21)17-23-16(24-27-17)13-20-9-6-14(7-10-20)8-11-20/h14-15H,4-13,21H2,1-3H3,(H,22,25). The van der Waals surface area contributed by atoms with Crippen molar-refractivity contribution in [3.63, 3.8) is 0 Å². The van der Waals surface area contributed by atoms with E-state index in [0.29, 0.717) is 24.3 Å². The Kier molecular flexibility index (Phi) is 6.08. The van der Waals surface area contributed by atoms with E-state index in [4.69, 9.17) is 15.0 Å². The van der Waals surface area contributed by atoms with E-state index in [1.54, 1.807) is 0 Å². The van der Waals surface area contributed by atoms with E-state index in [1.807, 2.05) is 20.8 Å². The number of nitrogens with zero attached hydrogens (tertiary/aromatic N) is 2. The van der Waals surface area contributed by atoms with Crippen molar-refractivity contribution in [1.82, 2.24) is 15.5 Å². The molecule has 152 valence electrons. The molecule has 0 saturated heterocycles. The van der Waals surface area contributed by atoms with Crippen LogP contribution in [0.3, 0.4) is 0 Å². The summed E-state index contributed by atoms with van der Waals surface area (Å²) in [7, 11) is 0. The highest BCUT2D eigenvalue weighted by Crippen LogP contribution is 2.51. The monoisotopic (exact) mass is 378 g/mol. The summed E-state index contributed by atoms with van der Waals surface area (Å²) >= 11 is 0. The minimum absolute atomic E-state index is 0.300. The minimum atomic E-state index is -0.488. The maximum absolute atomic E-state index is 11.6. The fourth-order valence-electron chi connectivity index (χ4n) is 4.38. The molecule has 3 fully saturated rings. The number of hydrogen-bond acceptors (Lipinski definition) is 6. The fraction of sp³-hybridized carbons (Fsp3) is 0.850. The molecular weight excluding hydrogens is 344 g/mol. The molecule has 0 aliphatic heterocycles. The number of aromatic nitrogens is 2. The lowest BCUT2D eigenvalue weighted by Gasteiger charge is -2.46. The van der Waals surface area contributed by atoms with Crippen molar-refractivity contribution in [3.8, 4) is 0 Å². The summed E-state index contributed by atoms with van der Waals surface area (Å²) < 4.78 is 10.6. The smallest absolute Gasteiger partial charge is 0.407 e. The molecule has 7 nitrogen and oxygen atoms in total. The molecule has 1 aromatic heterocycles. The Balaban J connectivity index is 1.41. The van der Waals surface area contributed by atoms with Gasteiger partial charge < -0.3 is 20.3 Å². The van der Waals surface area contributed by atoms with Crippen molar-refractivity contribution >= 4 is 6.09 Å². The van der Waals surface area contributed by atoms with Crippen molar-refractivity contribution in [1.29, 1.82) is 0 Å². The molecule has 3 aliphatic rings. The van der Waals surface area contributed by atoms with Gasteiger partial charge in [0, 0.05) is 13.0 Å². The Morgan fingerprint density at radius 1 is 1.33 bits per heavy atom. The molecule has 4 rings (SSSR count). The number of amides is 1. The van der Waals surface area contributed by atoms with E-state index in [9.17, 15) is 4.79 Å². The van der Waals surface area contributed by atoms with Gasteiger partial charge in [0.15, 0.2) is 5.82 Å². The van der Waals surface area contributed by atoms with Crippen LogP contribution in [-0.4, -0.2) is 28.4 Å². The van der Waals surface area contributed by atoms with Gasteiger partial charge in [0.1, 0.15) is 5.60 Å². The van der Waals surface area contributed by atoms with Gasteiger partial charge >= 0.3 is 6.09 Å². The lowest BCUT2D eigenvalue weighted by molar-refractivity contribution is 0.0526. The molecular formula is C20H34N4O3. The normalized spacial score (nSPS) is 26.0. The summed E-state index contributed by atoms with van der Waals surface area (Å²) in [5.74, 6) is 2.26. The van der Waals surface area contributed by atoms with Crippen LogP contribution < -0.4 is 11.1 Å². The number of nitrogens with two attached hydrogens (primary N) is 1. The predicted molar refractivity (Wildman–Crippen MR) is 102 cm³/mol. The first-order valence-electron chi connectivity index (χ1n) is 10.3. The predicted octanol–water partition coefficient (Wildman–Crippen LogP) is 3.89. The summed E-state index contributed by atoms with van der Waals surface area (Å²) in [6.45, 7) is 6.03. The van der Waals surface area contributed by atoms with E-state index in [0.717, 1.165) is 24.6 Å². The molecule has 0 spiro atoms. The fourth-order valence-corrected chi connectivity index (χ4v) is 4.38. The molecule has 1 aromatic rings. The Morgan fingerprint density at radius 3 is 2.63 bits per heavy atom. The van der Waals surface area contributed by atoms with E-state index in [2.05, 4.69) is 15.5 Å². The highest BCUT2D eigenvalue weighted by molar-refractivity contribution is 5.67. The van der Waals surface area contributed by atoms with Gasteiger partial charge in [-0.1, -0.05) is 5.16 Å². The van der Waals surface area contributed by atoms with Crippen molar-refractivity contribution in [3.05, 3.63) is 11.7 Å². The molecule has 3 aliphatic carbocycles. The second kappa shape index (κ2) is 8.17. The Labute approximate surface area is 161 Å². The molecule has 1 unspecified atom stereocenters. The molecule has 3 N–H and O–H groups in total. The van der Waals surface area contributed by atoms with E-state index in [-0.39, 0.29) is 6.04 Å². The molecule has 1 amide bonds. The quantitative estimate of drug-likeness (QED) is 0.698. The third-order valence-corrected chi connectivity index (χ3v) is 5.94. The number of hydrogen-bond donors (Lipinski definition) is 2. The summed E-state index contributed by atoms with van der Waals surface area (Å²) in [6.07, 6.45) is 9.86. The minimum Gasteiger partial charge on any atom is -0.444 e. The largest absolute Gasteiger partial charge is 0.444 e. The second-order valence-corrected chi connectivity index (χ2v) is 9.39. The average molecular weight is 379 g/mol. The number of alkyl carbamates (subject to hydrolysis) is 1. The lowest BCUT2D eigenvalue weighted by atomic mass is 9.59. The number of carbonyl (C=O) groups is 1. The molecule has 0 aromatic carbocycles. The first-order valence-corrected chi connectivity index (χ1v) is 10.3. The highest BCUT2D eigenvalue weighted by atomic mass is 16.6. The maximum atomic E-state index is 11.6. The van der Waals surface area contributed by atoms with Crippen LogP contribution in [0.1, 0.15) is 89.9 Å². The van der Waals surface area contributed by atoms with Gasteiger partial charge in [-0.2, -0.15) is 4.98 Å². The van der Waals surface area contributed by atoms with E-state index >= 15 is 0 Å². The summed E-state index contributed by atoms with van der Waals surface area (Å²) in [6, 6.07) is -0.300. The van der Waals surface area contributed by atoms with Gasteiger partial charge in [-0.05, 0) is 83.5 Å². The van der Waals surface area contributed by atoms with Crippen molar-refractivity contribution in [2.45, 2.75) is 90.2 Å². The second-order valence-electron chi connectivity index (χ2n) is 9.39. The molecule has 0 radical (unpaired) electrons. The maximum Gasteiger partial charge on any atom is 0.407 e. The molecule has 7 heteroatoms. The Morgan fingerprint density at radius 2 is 2.00 bits per heavy atom. The van der Waals surface area contributed by atoms with Gasteiger partial charge in [0.2, 0.25) is 5.89 Å². The van der Waals surface area contributed by atoms with Crippen LogP contribution >= 0.6 is 0 Å². The van der Waals surface area contributed by atoms with E-state index < -0.39 is 11.7 Å². The van der Waals surface area contributed by atoms with E-state index in [1.165, 1.54) is 38.5 Å². The first-order chi connectivity index (χ1) is 12.7. The van der Waals surface area contributed by atoms with Gasteiger partial charge in [-0.3, -0.25) is 0 Å². The van der Waals surface area contributed by atoms with Crippen molar-refractivity contribution < 1.29 is 14.1 Å². The molecule has 3 saturated carbocycles. The summed E-state index contributed by atoms with van der Waals surface area (Å²) in [5.41, 5.74) is 6.09. The molecule has 1 heterocycles. The van der Waals surface area contributed by atoms with Gasteiger partial charge in [-0.15, -0.1) is 0 Å². The number of fused-ring (bicyclic) bond motifs is 3. The summed E-state index contributed by atoms with van der Waals surface area (Å²) in [5, 5.41) is 6.92. The van der Waals surface area contributed by atoms with Crippen LogP contribution in [0.4, 0.5) is 4.79 Å². The van der Waals surface area contributed by atoms with Crippen molar-refractivity contribution in [2.24, 2.45) is 17.1 Å². The van der Waals surface area contributed by atoms with Gasteiger partial charge in [0.05, 0.1) is 6.04 Å². The Hall–Kier alpha value is -1.63. The molecule has 1 atom stereocenters. The number of nitrogens with one attached hydrogen (secondary N) is 1. The van der Waals surface area contributed by atoms with Crippen LogP contribution in [0, 0.1) is 11.3 Å². The Bertz CT molecular complexity index is 616. The molecule has 27 heavy (non-hydrogen) atoms. The van der Waals surface area contributed by atoms with Crippen LogP contribution in [0.5, 0.6) is 0 Å². The van der Waals surface area contributed by atoms with Gasteiger partial charge in [-0.25, -0.2) is 4.79 Å². The zero-order valence-electron chi connectivity index (χ0n) is 16.9. The zero-order valence-corrected chi connectivity index (χ0v) is 16.9. The third kappa shape index (κ3) is 5.67. The van der Waals surface area contributed by atoms with Crippen LogP contribution in [-0.2, 0) is 11.2 Å². The van der Waals surface area contributed by atoms with Crippen LogP contribution in [0.2, 0.25) is 0 Å². The number of carbonyl (C=O) groups excluding carboxylic acids is 1. The topological polar surface area (TPSA) is 103 Å². The first kappa shape index (κ1) is 20.1. The van der Waals surface area contributed by atoms with Crippen molar-refractivity contribution in [2.75, 3.05) is 6.54 Å². The van der Waals surface area contributed by atoms with Crippen LogP contribution in [0.15, 0.2) is 4.52 Å². The van der Waals surface area contributed by atoms with Gasteiger partial charge in [0.25, 0.3) is 0 Å².